The maximum absolute atomic E-state index is 9.19. The Morgan fingerprint density at radius 1 is 1.33 bits per heavy atom. The van der Waals surface area contributed by atoms with Gasteiger partial charge in [0.1, 0.15) is 0 Å². The highest BCUT2D eigenvalue weighted by Crippen LogP contribution is 2.30. The topological polar surface area (TPSA) is 38.7 Å². The molecule has 3 atom stereocenters. The van der Waals surface area contributed by atoms with E-state index in [-0.39, 0.29) is 18.3 Å². The summed E-state index contributed by atoms with van der Waals surface area (Å²) in [5, 5.41) is 9.19. The van der Waals surface area contributed by atoms with Crippen molar-refractivity contribution in [3.8, 4) is 0 Å². The molecule has 0 spiro atoms. The van der Waals surface area contributed by atoms with Crippen LogP contribution in [0.4, 0.5) is 0 Å². The zero-order valence-corrected chi connectivity index (χ0v) is 5.12. The monoisotopic (exact) mass is 130 g/mol. The number of ether oxygens (including phenoxy) is 2. The lowest BCUT2D eigenvalue weighted by atomic mass is 10.0. The Labute approximate surface area is 53.6 Å². The second kappa shape index (κ2) is 1.94. The first-order valence-corrected chi connectivity index (χ1v) is 3.29. The number of fused-ring (bicyclic) bond motifs is 1. The molecule has 2 heterocycles. The van der Waals surface area contributed by atoms with Crippen molar-refractivity contribution in [3.63, 3.8) is 0 Å². The highest BCUT2D eigenvalue weighted by molar-refractivity contribution is 4.81. The molecule has 3 nitrogen and oxygen atoms in total. The summed E-state index contributed by atoms with van der Waals surface area (Å²) in [5.74, 6) is 0.255. The van der Waals surface area contributed by atoms with E-state index in [4.69, 9.17) is 9.47 Å². The van der Waals surface area contributed by atoms with Crippen molar-refractivity contribution >= 4 is 0 Å². The van der Waals surface area contributed by atoms with Gasteiger partial charge in [0.25, 0.3) is 0 Å². The second-order valence-electron chi connectivity index (χ2n) is 2.59. The third-order valence-corrected chi connectivity index (χ3v) is 2.01. The summed E-state index contributed by atoms with van der Waals surface area (Å²) in [6.45, 7) is 1.20. The second-order valence-corrected chi connectivity index (χ2v) is 2.59. The molecule has 3 heteroatoms. The fraction of sp³-hybridized carbons (Fsp3) is 1.00. The lowest BCUT2D eigenvalue weighted by Gasteiger charge is -2.06. The van der Waals surface area contributed by atoms with Crippen LogP contribution in [0.1, 0.15) is 6.42 Å². The molecule has 52 valence electrons. The first kappa shape index (κ1) is 5.65. The van der Waals surface area contributed by atoms with Crippen LogP contribution in [0, 0.1) is 5.92 Å². The maximum atomic E-state index is 9.19. The summed E-state index contributed by atoms with van der Waals surface area (Å²) in [6.07, 6.45) is 0.573. The summed E-state index contributed by atoms with van der Waals surface area (Å²) in [4.78, 5) is 0. The molecule has 2 saturated heterocycles. The van der Waals surface area contributed by atoms with Gasteiger partial charge in [0, 0.05) is 5.92 Å². The predicted octanol–water partition coefficient (Wildman–Crippen LogP) is -0.260. The number of aliphatic hydroxyl groups is 1. The van der Waals surface area contributed by atoms with Gasteiger partial charge in [-0.15, -0.1) is 0 Å². The molecule has 0 aromatic heterocycles. The average Bonchev–Trinajstić information content (AvgIpc) is 2.35. The van der Waals surface area contributed by atoms with Gasteiger partial charge >= 0.3 is 0 Å². The Morgan fingerprint density at radius 2 is 2.22 bits per heavy atom. The molecule has 1 unspecified atom stereocenters. The van der Waals surface area contributed by atoms with E-state index in [1.165, 1.54) is 0 Å². The van der Waals surface area contributed by atoms with Crippen LogP contribution in [0.5, 0.6) is 0 Å². The van der Waals surface area contributed by atoms with Gasteiger partial charge in [-0.25, -0.2) is 0 Å². The van der Waals surface area contributed by atoms with Gasteiger partial charge in [-0.2, -0.15) is 0 Å². The number of hydrogen-bond acceptors (Lipinski definition) is 3. The third-order valence-electron chi connectivity index (χ3n) is 2.01. The van der Waals surface area contributed by atoms with E-state index in [0.717, 1.165) is 13.0 Å². The number of hydrogen-bond donors (Lipinski definition) is 1. The molecule has 2 aliphatic heterocycles. The molecule has 0 radical (unpaired) electrons. The number of rotatable bonds is 0. The van der Waals surface area contributed by atoms with Crippen molar-refractivity contribution in [1.82, 2.24) is 0 Å². The van der Waals surface area contributed by atoms with Crippen LogP contribution in [0.15, 0.2) is 0 Å². The van der Waals surface area contributed by atoms with Gasteiger partial charge in [0.15, 0.2) is 6.29 Å². The molecule has 0 aliphatic carbocycles. The Balaban J connectivity index is 2.07. The molecule has 1 N–H and O–H groups in total. The van der Waals surface area contributed by atoms with Gasteiger partial charge in [-0.1, -0.05) is 0 Å². The maximum Gasteiger partial charge on any atom is 0.163 e. The van der Waals surface area contributed by atoms with Crippen molar-refractivity contribution in [2.24, 2.45) is 5.92 Å². The lowest BCUT2D eigenvalue weighted by molar-refractivity contribution is -0.0907. The third kappa shape index (κ3) is 0.764. The highest BCUT2D eigenvalue weighted by atomic mass is 16.7. The largest absolute Gasteiger partial charge is 0.390 e. The van der Waals surface area contributed by atoms with Gasteiger partial charge in [0.05, 0.1) is 19.3 Å². The van der Waals surface area contributed by atoms with Crippen LogP contribution in [-0.2, 0) is 9.47 Å². The van der Waals surface area contributed by atoms with E-state index in [0.29, 0.717) is 6.61 Å². The Bertz CT molecular complexity index is 115. The quantitative estimate of drug-likeness (QED) is 0.491. The first-order valence-electron chi connectivity index (χ1n) is 3.29. The van der Waals surface area contributed by atoms with Crippen molar-refractivity contribution in [1.29, 1.82) is 0 Å². The van der Waals surface area contributed by atoms with Crippen molar-refractivity contribution in [2.75, 3.05) is 13.2 Å². The predicted molar refractivity (Wildman–Crippen MR) is 29.8 cm³/mol. The van der Waals surface area contributed by atoms with Crippen LogP contribution in [0.25, 0.3) is 0 Å². The van der Waals surface area contributed by atoms with Gasteiger partial charge in [-0.3, -0.25) is 0 Å². The fourth-order valence-electron chi connectivity index (χ4n) is 1.44. The molecule has 9 heavy (non-hydrogen) atoms. The molecular weight excluding hydrogens is 120 g/mol. The molecule has 0 saturated carbocycles. The summed E-state index contributed by atoms with van der Waals surface area (Å²) in [5.41, 5.74) is 0. The van der Waals surface area contributed by atoms with Crippen LogP contribution in [-0.4, -0.2) is 30.7 Å². The summed E-state index contributed by atoms with van der Waals surface area (Å²) < 4.78 is 10.3. The van der Waals surface area contributed by atoms with Gasteiger partial charge in [-0.05, 0) is 6.42 Å². The normalized spacial score (nSPS) is 49.7. The Morgan fingerprint density at radius 3 is 3.00 bits per heavy atom. The summed E-state index contributed by atoms with van der Waals surface area (Å²) in [6, 6.07) is 0. The Kier molecular flexibility index (Phi) is 1.22. The van der Waals surface area contributed by atoms with Crippen molar-refractivity contribution < 1.29 is 14.6 Å². The molecule has 0 bridgehead atoms. The molecule has 0 amide bonds. The minimum absolute atomic E-state index is 0.0972. The van der Waals surface area contributed by atoms with Crippen LogP contribution in [0.2, 0.25) is 0 Å². The van der Waals surface area contributed by atoms with Gasteiger partial charge < -0.3 is 14.6 Å². The van der Waals surface area contributed by atoms with Crippen LogP contribution >= 0.6 is 0 Å². The highest BCUT2D eigenvalue weighted by Gasteiger charge is 2.40. The van der Waals surface area contributed by atoms with E-state index in [1.807, 2.05) is 0 Å². The molecule has 0 aromatic rings. The molecule has 2 aliphatic rings. The van der Waals surface area contributed by atoms with Crippen molar-refractivity contribution in [3.05, 3.63) is 0 Å². The fourth-order valence-corrected chi connectivity index (χ4v) is 1.44. The number of aliphatic hydroxyl groups excluding tert-OH is 1. The van der Waals surface area contributed by atoms with E-state index in [1.54, 1.807) is 0 Å². The van der Waals surface area contributed by atoms with Gasteiger partial charge in [0.2, 0.25) is 0 Å². The van der Waals surface area contributed by atoms with E-state index < -0.39 is 0 Å². The Hall–Kier alpha value is -0.120. The average molecular weight is 130 g/mol. The molecule has 0 aromatic carbocycles. The summed E-state index contributed by atoms with van der Waals surface area (Å²) in [7, 11) is 0. The molecule has 2 rings (SSSR count). The first-order chi connectivity index (χ1) is 4.38. The summed E-state index contributed by atoms with van der Waals surface area (Å²) >= 11 is 0. The van der Waals surface area contributed by atoms with E-state index >= 15 is 0 Å². The SMILES string of the molecule is OC1CO[C@H]2OCC[C@@H]12. The van der Waals surface area contributed by atoms with Crippen LogP contribution in [0.3, 0.4) is 0 Å². The van der Waals surface area contributed by atoms with E-state index in [9.17, 15) is 5.11 Å². The van der Waals surface area contributed by atoms with Crippen molar-refractivity contribution in [2.45, 2.75) is 18.8 Å². The smallest absolute Gasteiger partial charge is 0.163 e. The minimum atomic E-state index is -0.280. The minimum Gasteiger partial charge on any atom is -0.390 e. The lowest BCUT2D eigenvalue weighted by Crippen LogP contribution is -2.18. The molecular formula is C6H10O3. The van der Waals surface area contributed by atoms with Crippen LogP contribution < -0.4 is 0 Å². The standard InChI is InChI=1S/C6H10O3/c7-5-3-9-6-4(5)1-2-8-6/h4-7H,1-3H2/t4-,5?,6+/m0/s1. The zero-order chi connectivity index (χ0) is 6.27. The zero-order valence-electron chi connectivity index (χ0n) is 5.12. The van der Waals surface area contributed by atoms with E-state index in [2.05, 4.69) is 0 Å². The molecule has 2 fully saturated rings.